The molecule has 0 fully saturated rings. The summed E-state index contributed by atoms with van der Waals surface area (Å²) in [4.78, 5) is 0. The Labute approximate surface area is 63.3 Å². The molecule has 10 heavy (non-hydrogen) atoms. The van der Waals surface area contributed by atoms with Gasteiger partial charge in [-0.25, -0.2) is 0 Å². The Morgan fingerprint density at radius 1 is 1.70 bits per heavy atom. The van der Waals surface area contributed by atoms with Crippen LogP contribution in [0.1, 0.15) is 26.7 Å². The molecule has 0 spiro atoms. The summed E-state index contributed by atoms with van der Waals surface area (Å²) in [6.07, 6.45) is 4.88. The maximum atomic E-state index is 5.62. The average Bonchev–Trinajstić information content (AvgIpc) is 1.94. The van der Waals surface area contributed by atoms with E-state index in [4.69, 9.17) is 5.73 Å². The normalized spacial score (nSPS) is 33.7. The van der Waals surface area contributed by atoms with Gasteiger partial charge in [0.2, 0.25) is 0 Å². The molecule has 1 aliphatic carbocycles. The van der Waals surface area contributed by atoms with Gasteiger partial charge < -0.3 is 5.73 Å². The first kappa shape index (κ1) is 7.80. The van der Waals surface area contributed by atoms with E-state index in [9.17, 15) is 0 Å². The van der Waals surface area contributed by atoms with Gasteiger partial charge in [-0.1, -0.05) is 18.6 Å². The lowest BCUT2D eigenvalue weighted by molar-refractivity contribution is 0.414. The molecular formula is C9H17N. The molecule has 1 aliphatic rings. The van der Waals surface area contributed by atoms with Crippen LogP contribution in [0, 0.1) is 11.8 Å². The van der Waals surface area contributed by atoms with Crippen molar-refractivity contribution < 1.29 is 0 Å². The Morgan fingerprint density at radius 2 is 2.40 bits per heavy atom. The average molecular weight is 139 g/mol. The van der Waals surface area contributed by atoms with Crippen molar-refractivity contribution in [1.29, 1.82) is 0 Å². The predicted molar refractivity (Wildman–Crippen MR) is 44.7 cm³/mol. The summed E-state index contributed by atoms with van der Waals surface area (Å²) in [6, 6.07) is 0. The third-order valence-electron chi connectivity index (χ3n) is 2.46. The van der Waals surface area contributed by atoms with Gasteiger partial charge in [-0.3, -0.25) is 0 Å². The van der Waals surface area contributed by atoms with Gasteiger partial charge in [-0.05, 0) is 38.1 Å². The highest BCUT2D eigenvalue weighted by Crippen LogP contribution is 2.27. The van der Waals surface area contributed by atoms with Gasteiger partial charge in [-0.2, -0.15) is 0 Å². The van der Waals surface area contributed by atoms with Crippen molar-refractivity contribution in [3.8, 4) is 0 Å². The monoisotopic (exact) mass is 139 g/mol. The minimum atomic E-state index is 0.670. The summed E-state index contributed by atoms with van der Waals surface area (Å²) >= 11 is 0. The smallest absolute Gasteiger partial charge is 0.00115 e. The summed E-state index contributed by atoms with van der Waals surface area (Å²) in [5.41, 5.74) is 7.12. The molecule has 0 aromatic heterocycles. The van der Waals surface area contributed by atoms with Crippen molar-refractivity contribution in [3.63, 3.8) is 0 Å². The second kappa shape index (κ2) is 3.20. The van der Waals surface area contributed by atoms with Crippen LogP contribution in [0.5, 0.6) is 0 Å². The standard InChI is InChI=1S/C9H17N/c1-7-3-4-8(2)9(5-7)6-10/h4,7,9H,3,5-6,10H2,1-2H3. The van der Waals surface area contributed by atoms with Crippen molar-refractivity contribution in [2.45, 2.75) is 26.7 Å². The van der Waals surface area contributed by atoms with Crippen LogP contribution in [-0.4, -0.2) is 6.54 Å². The molecule has 1 heteroatoms. The van der Waals surface area contributed by atoms with E-state index in [1.807, 2.05) is 0 Å². The van der Waals surface area contributed by atoms with Gasteiger partial charge in [0.25, 0.3) is 0 Å². The fourth-order valence-corrected chi connectivity index (χ4v) is 1.60. The van der Waals surface area contributed by atoms with Crippen LogP contribution in [0.25, 0.3) is 0 Å². The maximum Gasteiger partial charge on any atom is -0.00115 e. The van der Waals surface area contributed by atoms with Crippen molar-refractivity contribution in [2.75, 3.05) is 6.54 Å². The van der Waals surface area contributed by atoms with E-state index in [2.05, 4.69) is 19.9 Å². The zero-order chi connectivity index (χ0) is 7.56. The zero-order valence-electron chi connectivity index (χ0n) is 6.93. The fraction of sp³-hybridized carbons (Fsp3) is 0.778. The van der Waals surface area contributed by atoms with E-state index in [1.54, 1.807) is 0 Å². The van der Waals surface area contributed by atoms with E-state index < -0.39 is 0 Å². The van der Waals surface area contributed by atoms with Gasteiger partial charge in [0.1, 0.15) is 0 Å². The first-order chi connectivity index (χ1) is 4.74. The van der Waals surface area contributed by atoms with E-state index in [-0.39, 0.29) is 0 Å². The summed E-state index contributed by atoms with van der Waals surface area (Å²) in [7, 11) is 0. The highest BCUT2D eigenvalue weighted by molar-refractivity contribution is 5.08. The zero-order valence-corrected chi connectivity index (χ0v) is 6.93. The molecule has 0 aromatic rings. The van der Waals surface area contributed by atoms with Crippen LogP contribution in [-0.2, 0) is 0 Å². The maximum absolute atomic E-state index is 5.62. The van der Waals surface area contributed by atoms with Gasteiger partial charge >= 0.3 is 0 Å². The number of rotatable bonds is 1. The first-order valence-corrected chi connectivity index (χ1v) is 4.10. The molecule has 2 unspecified atom stereocenters. The lowest BCUT2D eigenvalue weighted by atomic mass is 9.83. The van der Waals surface area contributed by atoms with E-state index >= 15 is 0 Å². The largest absolute Gasteiger partial charge is 0.330 e. The van der Waals surface area contributed by atoms with E-state index in [0.717, 1.165) is 12.5 Å². The second-order valence-corrected chi connectivity index (χ2v) is 3.46. The van der Waals surface area contributed by atoms with Gasteiger partial charge in [0.15, 0.2) is 0 Å². The first-order valence-electron chi connectivity index (χ1n) is 4.10. The molecule has 0 radical (unpaired) electrons. The predicted octanol–water partition coefficient (Wildman–Crippen LogP) is 1.94. The SMILES string of the molecule is CC1=CCC(C)CC1CN. The molecule has 2 atom stereocenters. The van der Waals surface area contributed by atoms with Gasteiger partial charge in [0, 0.05) is 0 Å². The number of hydrogen-bond acceptors (Lipinski definition) is 1. The van der Waals surface area contributed by atoms with Crippen LogP contribution in [0.15, 0.2) is 11.6 Å². The Bertz CT molecular complexity index is 138. The summed E-state index contributed by atoms with van der Waals surface area (Å²) < 4.78 is 0. The Morgan fingerprint density at radius 3 is 2.90 bits per heavy atom. The van der Waals surface area contributed by atoms with Gasteiger partial charge in [0.05, 0.1) is 0 Å². The molecule has 1 rings (SSSR count). The molecule has 0 bridgehead atoms. The number of allylic oxidation sites excluding steroid dienone is 1. The van der Waals surface area contributed by atoms with Crippen LogP contribution < -0.4 is 5.73 Å². The van der Waals surface area contributed by atoms with Crippen LogP contribution in [0.3, 0.4) is 0 Å². The molecule has 0 saturated carbocycles. The summed E-state index contributed by atoms with van der Waals surface area (Å²) in [5.74, 6) is 1.51. The molecule has 58 valence electrons. The quantitative estimate of drug-likeness (QED) is 0.552. The molecule has 0 saturated heterocycles. The Balaban J connectivity index is 2.56. The lowest BCUT2D eigenvalue weighted by Gasteiger charge is -2.24. The fourth-order valence-electron chi connectivity index (χ4n) is 1.60. The highest BCUT2D eigenvalue weighted by atomic mass is 14.6. The van der Waals surface area contributed by atoms with Crippen LogP contribution >= 0.6 is 0 Å². The van der Waals surface area contributed by atoms with Crippen molar-refractivity contribution in [1.82, 2.24) is 0 Å². The molecule has 0 amide bonds. The minimum Gasteiger partial charge on any atom is -0.330 e. The summed E-state index contributed by atoms with van der Waals surface area (Å²) in [5, 5.41) is 0. The lowest BCUT2D eigenvalue weighted by Crippen LogP contribution is -2.21. The number of hydrogen-bond donors (Lipinski definition) is 1. The molecule has 1 nitrogen and oxygen atoms in total. The van der Waals surface area contributed by atoms with Crippen molar-refractivity contribution in [2.24, 2.45) is 17.6 Å². The molecule has 0 aliphatic heterocycles. The second-order valence-electron chi connectivity index (χ2n) is 3.46. The van der Waals surface area contributed by atoms with Crippen LogP contribution in [0.4, 0.5) is 0 Å². The molecule has 0 aromatic carbocycles. The van der Waals surface area contributed by atoms with Gasteiger partial charge in [-0.15, -0.1) is 0 Å². The third kappa shape index (κ3) is 1.60. The third-order valence-corrected chi connectivity index (χ3v) is 2.46. The van der Waals surface area contributed by atoms with E-state index in [0.29, 0.717) is 5.92 Å². The number of nitrogens with two attached hydrogens (primary N) is 1. The highest BCUT2D eigenvalue weighted by Gasteiger charge is 2.16. The Kier molecular flexibility index (Phi) is 2.50. The minimum absolute atomic E-state index is 0.670. The van der Waals surface area contributed by atoms with E-state index in [1.165, 1.54) is 18.4 Å². The van der Waals surface area contributed by atoms with Crippen LogP contribution in [0.2, 0.25) is 0 Å². The molecular weight excluding hydrogens is 122 g/mol. The van der Waals surface area contributed by atoms with Crippen molar-refractivity contribution in [3.05, 3.63) is 11.6 Å². The Hall–Kier alpha value is -0.300. The van der Waals surface area contributed by atoms with Crippen molar-refractivity contribution >= 4 is 0 Å². The molecule has 2 N–H and O–H groups in total. The summed E-state index contributed by atoms with van der Waals surface area (Å²) in [6.45, 7) is 5.32. The topological polar surface area (TPSA) is 26.0 Å². The molecule has 0 heterocycles.